The van der Waals surface area contributed by atoms with Crippen LogP contribution in [-0.4, -0.2) is 11.9 Å². The molecule has 0 atom stereocenters. The number of hydrogen-bond donors (Lipinski definition) is 0. The fourth-order valence-corrected chi connectivity index (χ4v) is 2.76. The average molecular weight is 280 g/mol. The Bertz CT molecular complexity index is 622. The van der Waals surface area contributed by atoms with E-state index in [9.17, 15) is 4.79 Å². The highest BCUT2D eigenvalue weighted by Crippen LogP contribution is 2.50. The fraction of sp³-hybridized carbons (Fsp3) is 0.316. The molecule has 2 heteroatoms. The van der Waals surface area contributed by atoms with Crippen molar-refractivity contribution < 1.29 is 9.53 Å². The van der Waals surface area contributed by atoms with Crippen molar-refractivity contribution in [1.82, 2.24) is 0 Å². The molecule has 1 saturated carbocycles. The van der Waals surface area contributed by atoms with E-state index in [1.165, 1.54) is 0 Å². The van der Waals surface area contributed by atoms with Gasteiger partial charge >= 0.3 is 0 Å². The van der Waals surface area contributed by atoms with Crippen molar-refractivity contribution in [2.75, 3.05) is 0 Å². The van der Waals surface area contributed by atoms with Crippen LogP contribution >= 0.6 is 0 Å². The summed E-state index contributed by atoms with van der Waals surface area (Å²) >= 11 is 0. The van der Waals surface area contributed by atoms with Gasteiger partial charge in [-0.15, -0.1) is 0 Å². The fourth-order valence-electron chi connectivity index (χ4n) is 2.76. The zero-order valence-electron chi connectivity index (χ0n) is 12.5. The van der Waals surface area contributed by atoms with E-state index in [1.54, 1.807) is 0 Å². The van der Waals surface area contributed by atoms with Gasteiger partial charge in [-0.1, -0.05) is 30.3 Å². The van der Waals surface area contributed by atoms with Gasteiger partial charge < -0.3 is 4.74 Å². The second kappa shape index (κ2) is 5.36. The van der Waals surface area contributed by atoms with Crippen molar-refractivity contribution in [1.29, 1.82) is 0 Å². The number of ketones is 1. The monoisotopic (exact) mass is 280 g/mol. The third kappa shape index (κ3) is 2.71. The maximum Gasteiger partial charge on any atom is 0.173 e. The number of ether oxygens (including phenoxy) is 1. The summed E-state index contributed by atoms with van der Waals surface area (Å²) in [6, 6.07) is 17.6. The smallest absolute Gasteiger partial charge is 0.173 e. The summed E-state index contributed by atoms with van der Waals surface area (Å²) in [5.41, 5.74) is 1.62. The van der Waals surface area contributed by atoms with Crippen molar-refractivity contribution in [3.63, 3.8) is 0 Å². The van der Waals surface area contributed by atoms with Crippen molar-refractivity contribution in [3.05, 3.63) is 65.7 Å². The molecule has 0 amide bonds. The molecule has 0 saturated heterocycles. The first-order valence-electron chi connectivity index (χ1n) is 7.49. The lowest BCUT2D eigenvalue weighted by Gasteiger charge is -2.15. The zero-order chi connectivity index (χ0) is 14.9. The first kappa shape index (κ1) is 13.9. The van der Waals surface area contributed by atoms with Crippen LogP contribution in [0.1, 0.15) is 42.6 Å². The molecule has 0 unspecified atom stereocenters. The van der Waals surface area contributed by atoms with Crippen LogP contribution < -0.4 is 4.74 Å². The Labute approximate surface area is 125 Å². The van der Waals surface area contributed by atoms with Crippen molar-refractivity contribution in [2.24, 2.45) is 0 Å². The summed E-state index contributed by atoms with van der Waals surface area (Å²) in [7, 11) is 0. The van der Waals surface area contributed by atoms with Crippen molar-refractivity contribution in [3.8, 4) is 5.75 Å². The summed E-state index contributed by atoms with van der Waals surface area (Å²) in [6.07, 6.45) is 2.03. The standard InChI is InChI=1S/C19H20O2/c1-14(2)21-17-10-8-15(9-11-17)18(20)19(12-13-19)16-6-4-3-5-7-16/h3-11,14H,12-13H2,1-2H3. The topological polar surface area (TPSA) is 26.3 Å². The predicted molar refractivity (Wildman–Crippen MR) is 83.9 cm³/mol. The van der Waals surface area contributed by atoms with E-state index in [2.05, 4.69) is 12.1 Å². The largest absolute Gasteiger partial charge is 0.491 e. The molecule has 0 bridgehead atoms. The Kier molecular flexibility index (Phi) is 3.54. The number of benzene rings is 2. The van der Waals surface area contributed by atoms with Gasteiger partial charge in [0.1, 0.15) is 5.75 Å². The summed E-state index contributed by atoms with van der Waals surface area (Å²) < 4.78 is 5.62. The third-order valence-electron chi connectivity index (χ3n) is 4.00. The maximum atomic E-state index is 12.8. The summed E-state index contributed by atoms with van der Waals surface area (Å²) in [5, 5.41) is 0. The second-order valence-corrected chi connectivity index (χ2v) is 5.97. The summed E-state index contributed by atoms with van der Waals surface area (Å²) in [4.78, 5) is 12.8. The minimum Gasteiger partial charge on any atom is -0.491 e. The van der Waals surface area contributed by atoms with Gasteiger partial charge in [-0.2, -0.15) is 0 Å². The Morgan fingerprint density at radius 2 is 1.62 bits per heavy atom. The highest BCUT2D eigenvalue weighted by Gasteiger charge is 2.50. The maximum absolute atomic E-state index is 12.8. The second-order valence-electron chi connectivity index (χ2n) is 5.97. The number of carbonyl (C=O) groups excluding carboxylic acids is 1. The van der Waals surface area contributed by atoms with Gasteiger partial charge in [0.25, 0.3) is 0 Å². The van der Waals surface area contributed by atoms with Gasteiger partial charge in [-0.3, -0.25) is 4.79 Å². The predicted octanol–water partition coefficient (Wildman–Crippen LogP) is 4.39. The lowest BCUT2D eigenvalue weighted by molar-refractivity contribution is 0.0946. The third-order valence-corrected chi connectivity index (χ3v) is 4.00. The number of carbonyl (C=O) groups is 1. The Morgan fingerprint density at radius 1 is 1.00 bits per heavy atom. The lowest BCUT2D eigenvalue weighted by atomic mass is 9.87. The molecule has 0 heterocycles. The minimum absolute atomic E-state index is 0.144. The molecular formula is C19H20O2. The van der Waals surface area contributed by atoms with Gasteiger partial charge in [0.05, 0.1) is 11.5 Å². The molecular weight excluding hydrogens is 260 g/mol. The van der Waals surface area contributed by atoms with Crippen LogP contribution in [0, 0.1) is 0 Å². The van der Waals surface area contributed by atoms with Crippen LogP contribution in [-0.2, 0) is 5.41 Å². The molecule has 1 fully saturated rings. The van der Waals surface area contributed by atoms with Crippen LogP contribution in [0.3, 0.4) is 0 Å². The zero-order valence-corrected chi connectivity index (χ0v) is 12.5. The molecule has 0 aromatic heterocycles. The van der Waals surface area contributed by atoms with E-state index in [0.717, 1.165) is 29.7 Å². The molecule has 2 aromatic rings. The quantitative estimate of drug-likeness (QED) is 0.759. The van der Waals surface area contributed by atoms with Crippen LogP contribution in [0.5, 0.6) is 5.75 Å². The van der Waals surface area contributed by atoms with Crippen molar-refractivity contribution in [2.45, 2.75) is 38.2 Å². The molecule has 108 valence electrons. The van der Waals surface area contributed by atoms with Gasteiger partial charge in [-0.25, -0.2) is 0 Å². The molecule has 0 aliphatic heterocycles. The Hall–Kier alpha value is -2.09. The van der Waals surface area contributed by atoms with E-state index in [-0.39, 0.29) is 17.3 Å². The normalized spacial score (nSPS) is 15.8. The first-order chi connectivity index (χ1) is 10.1. The van der Waals surface area contributed by atoms with Gasteiger partial charge in [0.15, 0.2) is 5.78 Å². The van der Waals surface area contributed by atoms with Crippen LogP contribution in [0.25, 0.3) is 0 Å². The molecule has 21 heavy (non-hydrogen) atoms. The van der Waals surface area contributed by atoms with E-state index in [0.29, 0.717) is 0 Å². The molecule has 2 nitrogen and oxygen atoms in total. The van der Waals surface area contributed by atoms with E-state index in [4.69, 9.17) is 4.74 Å². The van der Waals surface area contributed by atoms with Crippen molar-refractivity contribution >= 4 is 5.78 Å². The highest BCUT2D eigenvalue weighted by atomic mass is 16.5. The summed E-state index contributed by atoms with van der Waals surface area (Å²) in [6.45, 7) is 3.99. The highest BCUT2D eigenvalue weighted by molar-refractivity contribution is 6.06. The average Bonchev–Trinajstić information content (AvgIpc) is 3.29. The van der Waals surface area contributed by atoms with Gasteiger partial charge in [0, 0.05) is 5.56 Å². The Balaban J connectivity index is 1.83. The SMILES string of the molecule is CC(C)Oc1ccc(C(=O)C2(c3ccccc3)CC2)cc1. The molecule has 3 rings (SSSR count). The molecule has 1 aliphatic carbocycles. The first-order valence-corrected chi connectivity index (χ1v) is 7.49. The molecule has 0 radical (unpaired) electrons. The van der Waals surface area contributed by atoms with Crippen LogP contribution in [0.4, 0.5) is 0 Å². The van der Waals surface area contributed by atoms with E-state index >= 15 is 0 Å². The number of hydrogen-bond acceptors (Lipinski definition) is 2. The summed E-state index contributed by atoms with van der Waals surface area (Å²) in [5.74, 6) is 1.04. The minimum atomic E-state index is -0.290. The Morgan fingerprint density at radius 3 is 2.14 bits per heavy atom. The van der Waals surface area contributed by atoms with Gasteiger partial charge in [0.2, 0.25) is 0 Å². The molecule has 0 spiro atoms. The van der Waals surface area contributed by atoms with Crippen LogP contribution in [0.2, 0.25) is 0 Å². The molecule has 0 N–H and O–H groups in total. The molecule has 1 aliphatic rings. The van der Waals surface area contributed by atoms with Gasteiger partial charge in [-0.05, 0) is 56.5 Å². The van der Waals surface area contributed by atoms with E-state index < -0.39 is 0 Å². The van der Waals surface area contributed by atoms with Crippen LogP contribution in [0.15, 0.2) is 54.6 Å². The molecule has 2 aromatic carbocycles. The number of Topliss-reactive ketones (excluding diaryl/α,β-unsaturated/α-hetero) is 1. The van der Waals surface area contributed by atoms with E-state index in [1.807, 2.05) is 56.3 Å². The lowest BCUT2D eigenvalue weighted by Crippen LogP contribution is -2.20. The number of rotatable bonds is 5.